The van der Waals surface area contributed by atoms with Crippen molar-refractivity contribution in [1.82, 2.24) is 14.5 Å². The summed E-state index contributed by atoms with van der Waals surface area (Å²) in [4.78, 5) is 9.11. The van der Waals surface area contributed by atoms with Gasteiger partial charge in [-0.15, -0.1) is 0 Å². The Kier molecular flexibility index (Phi) is 4.61. The van der Waals surface area contributed by atoms with Gasteiger partial charge >= 0.3 is 0 Å². The number of nitriles is 1. The van der Waals surface area contributed by atoms with E-state index in [1.54, 1.807) is 6.20 Å². The Morgan fingerprint density at radius 2 is 2.10 bits per heavy atom. The molecule has 2 aromatic rings. The predicted octanol–water partition coefficient (Wildman–Crippen LogP) is 4.15. The zero-order valence-corrected chi connectivity index (χ0v) is 12.9. The monoisotopic (exact) mass is 290 g/mol. The van der Waals surface area contributed by atoms with E-state index in [0.29, 0.717) is 17.5 Å². The van der Waals surface area contributed by atoms with Gasteiger partial charge in [0, 0.05) is 18.7 Å². The van der Waals surface area contributed by atoms with Gasteiger partial charge in [-0.2, -0.15) is 5.26 Å². The minimum atomic E-state index is -0.0713. The highest BCUT2D eigenvalue weighted by atomic mass is 35.5. The van der Waals surface area contributed by atoms with E-state index >= 15 is 0 Å². The third-order valence-corrected chi connectivity index (χ3v) is 3.82. The highest BCUT2D eigenvalue weighted by molar-refractivity contribution is 6.31. The molecule has 0 spiro atoms. The molecule has 2 aromatic heterocycles. The Labute approximate surface area is 124 Å². The fourth-order valence-electron chi connectivity index (χ4n) is 2.46. The third-order valence-electron chi connectivity index (χ3n) is 3.61. The van der Waals surface area contributed by atoms with Crippen LogP contribution in [0.4, 0.5) is 0 Å². The summed E-state index contributed by atoms with van der Waals surface area (Å²) in [6.45, 7) is 6.85. The number of rotatable bonds is 5. The summed E-state index contributed by atoms with van der Waals surface area (Å²) in [5, 5.41) is 9.66. The molecule has 0 amide bonds. The molecule has 0 saturated carbocycles. The van der Waals surface area contributed by atoms with Gasteiger partial charge in [0.25, 0.3) is 0 Å². The van der Waals surface area contributed by atoms with E-state index in [1.165, 1.54) is 0 Å². The molecule has 2 heterocycles. The maximum Gasteiger partial charge on any atom is 0.160 e. The van der Waals surface area contributed by atoms with Crippen molar-refractivity contribution in [3.63, 3.8) is 0 Å². The lowest BCUT2D eigenvalue weighted by molar-refractivity contribution is 0.514. The van der Waals surface area contributed by atoms with Crippen LogP contribution in [-0.2, 0) is 6.54 Å². The third kappa shape index (κ3) is 2.78. The van der Waals surface area contributed by atoms with Gasteiger partial charge in [-0.05, 0) is 25.8 Å². The first kappa shape index (κ1) is 14.8. The van der Waals surface area contributed by atoms with Gasteiger partial charge in [-0.3, -0.25) is 0 Å². The lowest BCUT2D eigenvalue weighted by Crippen LogP contribution is -2.13. The predicted molar refractivity (Wildman–Crippen MR) is 80.6 cm³/mol. The molecule has 5 heteroatoms. The molecule has 0 aliphatic carbocycles. The summed E-state index contributed by atoms with van der Waals surface area (Å²) in [5.41, 5.74) is 1.63. The van der Waals surface area contributed by atoms with Crippen LogP contribution in [0.25, 0.3) is 11.2 Å². The Bertz CT molecular complexity index is 637. The normalized spacial score (nSPS) is 12.8. The molecule has 2 rings (SSSR count). The van der Waals surface area contributed by atoms with Crippen molar-refractivity contribution in [3.05, 3.63) is 23.1 Å². The van der Waals surface area contributed by atoms with Crippen LogP contribution in [0.1, 0.15) is 45.4 Å². The van der Waals surface area contributed by atoms with Crippen LogP contribution in [0.5, 0.6) is 0 Å². The Hall–Kier alpha value is -1.60. The van der Waals surface area contributed by atoms with Crippen LogP contribution in [0.2, 0.25) is 5.02 Å². The number of pyridine rings is 1. The van der Waals surface area contributed by atoms with E-state index < -0.39 is 0 Å². The summed E-state index contributed by atoms with van der Waals surface area (Å²) >= 11 is 6.00. The van der Waals surface area contributed by atoms with Crippen LogP contribution < -0.4 is 0 Å². The zero-order chi connectivity index (χ0) is 14.7. The average molecular weight is 291 g/mol. The van der Waals surface area contributed by atoms with Crippen LogP contribution in [-0.4, -0.2) is 14.5 Å². The second kappa shape index (κ2) is 6.23. The SMILES string of the molecule is CCC(CC)c1nc2cc(Cl)cnc2n1CC(C)C#N. The van der Waals surface area contributed by atoms with Crippen LogP contribution in [0.15, 0.2) is 12.3 Å². The molecular weight excluding hydrogens is 272 g/mol. The summed E-state index contributed by atoms with van der Waals surface area (Å²) < 4.78 is 2.08. The second-order valence-electron chi connectivity index (χ2n) is 5.12. The maximum atomic E-state index is 9.07. The van der Waals surface area contributed by atoms with Crippen LogP contribution in [0.3, 0.4) is 0 Å². The van der Waals surface area contributed by atoms with Gasteiger partial charge in [0.05, 0.1) is 17.0 Å². The molecule has 0 radical (unpaired) electrons. The molecular formula is C15H19ClN4. The van der Waals surface area contributed by atoms with Crippen molar-refractivity contribution >= 4 is 22.8 Å². The van der Waals surface area contributed by atoms with Gasteiger partial charge in [-0.1, -0.05) is 25.4 Å². The van der Waals surface area contributed by atoms with Crippen molar-refractivity contribution in [3.8, 4) is 6.07 Å². The number of hydrogen-bond acceptors (Lipinski definition) is 3. The molecule has 0 saturated heterocycles. The minimum absolute atomic E-state index is 0.0713. The summed E-state index contributed by atoms with van der Waals surface area (Å²) in [6, 6.07) is 4.12. The average Bonchev–Trinajstić information content (AvgIpc) is 2.78. The Morgan fingerprint density at radius 1 is 1.40 bits per heavy atom. The standard InChI is InChI=1S/C15H19ClN4/c1-4-11(5-2)14-19-13-6-12(16)8-18-15(13)20(14)9-10(3)7-17/h6,8,10-11H,4-5,9H2,1-3H3. The van der Waals surface area contributed by atoms with Crippen LogP contribution >= 0.6 is 11.6 Å². The van der Waals surface area contributed by atoms with Crippen molar-refractivity contribution in [2.75, 3.05) is 0 Å². The minimum Gasteiger partial charge on any atom is -0.311 e. The first-order chi connectivity index (χ1) is 9.60. The van der Waals surface area contributed by atoms with Crippen molar-refractivity contribution in [2.24, 2.45) is 5.92 Å². The molecule has 20 heavy (non-hydrogen) atoms. The van der Waals surface area contributed by atoms with Gasteiger partial charge < -0.3 is 4.57 Å². The first-order valence-corrected chi connectivity index (χ1v) is 7.39. The number of hydrogen-bond donors (Lipinski definition) is 0. The smallest absolute Gasteiger partial charge is 0.160 e. The highest BCUT2D eigenvalue weighted by Gasteiger charge is 2.19. The van der Waals surface area contributed by atoms with Gasteiger partial charge in [0.15, 0.2) is 5.65 Å². The lowest BCUT2D eigenvalue weighted by atomic mass is 10.0. The van der Waals surface area contributed by atoms with E-state index in [1.807, 2.05) is 13.0 Å². The van der Waals surface area contributed by atoms with E-state index in [0.717, 1.165) is 29.8 Å². The topological polar surface area (TPSA) is 54.5 Å². The van der Waals surface area contributed by atoms with E-state index in [2.05, 4.69) is 29.5 Å². The first-order valence-electron chi connectivity index (χ1n) is 7.01. The Balaban J connectivity index is 2.59. The van der Waals surface area contributed by atoms with Crippen molar-refractivity contribution in [2.45, 2.75) is 46.1 Å². The van der Waals surface area contributed by atoms with Gasteiger partial charge in [0.2, 0.25) is 0 Å². The fourth-order valence-corrected chi connectivity index (χ4v) is 2.62. The highest BCUT2D eigenvalue weighted by Crippen LogP contribution is 2.27. The van der Waals surface area contributed by atoms with E-state index in [4.69, 9.17) is 21.8 Å². The van der Waals surface area contributed by atoms with Gasteiger partial charge in [-0.25, -0.2) is 9.97 Å². The molecule has 0 aromatic carbocycles. The quantitative estimate of drug-likeness (QED) is 0.831. The lowest BCUT2D eigenvalue weighted by Gasteiger charge is -2.15. The molecule has 4 nitrogen and oxygen atoms in total. The van der Waals surface area contributed by atoms with Crippen molar-refractivity contribution < 1.29 is 0 Å². The summed E-state index contributed by atoms with van der Waals surface area (Å²) in [5.74, 6) is 1.33. The number of imidazole rings is 1. The number of aromatic nitrogens is 3. The summed E-state index contributed by atoms with van der Waals surface area (Å²) in [7, 11) is 0. The van der Waals surface area contributed by atoms with E-state index in [-0.39, 0.29) is 5.92 Å². The van der Waals surface area contributed by atoms with Crippen LogP contribution in [0, 0.1) is 17.2 Å². The molecule has 0 bridgehead atoms. The Morgan fingerprint density at radius 3 is 2.70 bits per heavy atom. The number of fused-ring (bicyclic) bond motifs is 1. The number of halogens is 1. The van der Waals surface area contributed by atoms with Crippen molar-refractivity contribution in [1.29, 1.82) is 5.26 Å². The summed E-state index contributed by atoms with van der Waals surface area (Å²) in [6.07, 6.45) is 3.68. The number of nitrogens with zero attached hydrogens (tertiary/aromatic N) is 4. The molecule has 0 aliphatic rings. The second-order valence-corrected chi connectivity index (χ2v) is 5.56. The maximum absolute atomic E-state index is 9.07. The molecule has 0 N–H and O–H groups in total. The molecule has 1 atom stereocenters. The largest absolute Gasteiger partial charge is 0.311 e. The van der Waals surface area contributed by atoms with E-state index in [9.17, 15) is 0 Å². The molecule has 1 unspecified atom stereocenters. The fraction of sp³-hybridized carbons (Fsp3) is 0.533. The molecule has 106 valence electrons. The van der Waals surface area contributed by atoms with Gasteiger partial charge in [0.1, 0.15) is 11.3 Å². The molecule has 0 fully saturated rings. The molecule has 0 aliphatic heterocycles. The zero-order valence-electron chi connectivity index (χ0n) is 12.1.